The molecule has 1 atom stereocenters. The number of carbonyl (C=O) groups is 1. The Morgan fingerprint density at radius 3 is 2.65 bits per heavy atom. The maximum absolute atomic E-state index is 12.8. The summed E-state index contributed by atoms with van der Waals surface area (Å²) in [4.78, 5) is 12.3. The van der Waals surface area contributed by atoms with Crippen molar-refractivity contribution in [2.45, 2.75) is 44.6 Å². The van der Waals surface area contributed by atoms with Gasteiger partial charge < -0.3 is 15.4 Å². The van der Waals surface area contributed by atoms with Crippen molar-refractivity contribution in [3.8, 4) is 0 Å². The Morgan fingerprint density at radius 2 is 2.04 bits per heavy atom. The smallest absolute Gasteiger partial charge is 0.243 e. The molecular weight excluding hydrogens is 354 g/mol. The Hall–Kier alpha value is -1.48. The second kappa shape index (κ2) is 9.45. The molecule has 1 amide bonds. The zero-order valence-corrected chi connectivity index (χ0v) is 16.6. The highest BCUT2D eigenvalue weighted by molar-refractivity contribution is 7.89. The zero-order chi connectivity index (χ0) is 19.2. The molecule has 0 aliphatic carbocycles. The Bertz CT molecular complexity index is 711. The largest absolute Gasteiger partial charge is 0.377 e. The third-order valence-corrected chi connectivity index (χ3v) is 6.67. The second-order valence-corrected chi connectivity index (χ2v) is 8.29. The molecule has 1 saturated heterocycles. The van der Waals surface area contributed by atoms with E-state index in [-0.39, 0.29) is 23.5 Å². The summed E-state index contributed by atoms with van der Waals surface area (Å²) in [5.74, 6) is -0.210. The zero-order valence-electron chi connectivity index (χ0n) is 15.7. The summed E-state index contributed by atoms with van der Waals surface area (Å²) < 4.78 is 32.4. The number of benzene rings is 1. The van der Waals surface area contributed by atoms with Gasteiger partial charge in [-0.3, -0.25) is 4.79 Å². The molecule has 1 unspecified atom stereocenters. The van der Waals surface area contributed by atoms with E-state index in [2.05, 4.69) is 10.6 Å². The monoisotopic (exact) mass is 383 g/mol. The Morgan fingerprint density at radius 1 is 1.31 bits per heavy atom. The second-order valence-electron chi connectivity index (χ2n) is 6.38. The molecular formula is C18H29N3O4S. The fourth-order valence-corrected chi connectivity index (χ4v) is 4.72. The Kier molecular flexibility index (Phi) is 7.57. The van der Waals surface area contributed by atoms with Crippen molar-refractivity contribution in [2.24, 2.45) is 0 Å². The third-order valence-electron chi connectivity index (χ3n) is 4.48. The molecule has 1 aliphatic heterocycles. The standard InChI is InChI=1S/C18H29N3O4S/c1-4-21(5-2)26(23,24)17-11-15(9-8-14(17)3)20-18(22)13-19-12-16-7-6-10-25-16/h8-9,11,16,19H,4-7,10,12-13H2,1-3H3,(H,20,22). The topological polar surface area (TPSA) is 87.7 Å². The van der Waals surface area contributed by atoms with Crippen LogP contribution in [-0.4, -0.2) is 57.5 Å². The first-order valence-electron chi connectivity index (χ1n) is 9.11. The number of sulfonamides is 1. The summed E-state index contributed by atoms with van der Waals surface area (Å²) in [5, 5.41) is 5.83. The summed E-state index contributed by atoms with van der Waals surface area (Å²) in [7, 11) is -3.57. The van der Waals surface area contributed by atoms with Crippen LogP contribution in [0.25, 0.3) is 0 Å². The highest BCUT2D eigenvalue weighted by Crippen LogP contribution is 2.23. The van der Waals surface area contributed by atoms with Gasteiger partial charge in [0.15, 0.2) is 0 Å². The minimum Gasteiger partial charge on any atom is -0.377 e. The van der Waals surface area contributed by atoms with E-state index >= 15 is 0 Å². The van der Waals surface area contributed by atoms with Crippen LogP contribution >= 0.6 is 0 Å². The van der Waals surface area contributed by atoms with Crippen LogP contribution in [0.5, 0.6) is 0 Å². The average Bonchev–Trinajstić information content (AvgIpc) is 3.10. The number of carbonyl (C=O) groups excluding carboxylic acids is 1. The van der Waals surface area contributed by atoms with Gasteiger partial charge in [0.25, 0.3) is 0 Å². The first-order valence-corrected chi connectivity index (χ1v) is 10.6. The molecule has 1 fully saturated rings. The van der Waals surface area contributed by atoms with Crippen LogP contribution in [0.3, 0.4) is 0 Å². The van der Waals surface area contributed by atoms with Crippen LogP contribution < -0.4 is 10.6 Å². The first kappa shape index (κ1) is 20.8. The molecule has 0 aromatic heterocycles. The van der Waals surface area contributed by atoms with Crippen molar-refractivity contribution in [3.63, 3.8) is 0 Å². The number of hydrogen-bond acceptors (Lipinski definition) is 5. The van der Waals surface area contributed by atoms with Crippen LogP contribution in [0.15, 0.2) is 23.1 Å². The van der Waals surface area contributed by atoms with E-state index in [0.29, 0.717) is 30.9 Å². The number of nitrogens with zero attached hydrogens (tertiary/aromatic N) is 1. The highest BCUT2D eigenvalue weighted by Gasteiger charge is 2.24. The minimum atomic E-state index is -3.57. The quantitative estimate of drug-likeness (QED) is 0.678. The molecule has 0 saturated carbocycles. The van der Waals surface area contributed by atoms with Crippen molar-refractivity contribution in [1.82, 2.24) is 9.62 Å². The predicted molar refractivity (Wildman–Crippen MR) is 102 cm³/mol. The van der Waals surface area contributed by atoms with Gasteiger partial charge in [0, 0.05) is 31.9 Å². The summed E-state index contributed by atoms with van der Waals surface area (Å²) in [5.41, 5.74) is 1.14. The molecule has 0 radical (unpaired) electrons. The van der Waals surface area contributed by atoms with Crippen LogP contribution in [0.4, 0.5) is 5.69 Å². The molecule has 1 heterocycles. The van der Waals surface area contributed by atoms with Crippen molar-refractivity contribution >= 4 is 21.6 Å². The van der Waals surface area contributed by atoms with Gasteiger partial charge in [-0.05, 0) is 37.5 Å². The fraction of sp³-hybridized carbons (Fsp3) is 0.611. The maximum atomic E-state index is 12.8. The molecule has 8 heteroatoms. The van der Waals surface area contributed by atoms with Gasteiger partial charge in [-0.1, -0.05) is 19.9 Å². The molecule has 1 aromatic rings. The molecule has 1 aromatic carbocycles. The minimum absolute atomic E-state index is 0.159. The van der Waals surface area contributed by atoms with Crippen molar-refractivity contribution in [3.05, 3.63) is 23.8 Å². The van der Waals surface area contributed by atoms with E-state index in [1.165, 1.54) is 10.4 Å². The molecule has 0 spiro atoms. The lowest BCUT2D eigenvalue weighted by molar-refractivity contribution is -0.115. The van der Waals surface area contributed by atoms with E-state index in [1.807, 2.05) is 13.8 Å². The Balaban J connectivity index is 2.00. The van der Waals surface area contributed by atoms with Crippen molar-refractivity contribution in [2.75, 3.05) is 38.1 Å². The number of amides is 1. The fourth-order valence-electron chi connectivity index (χ4n) is 3.02. The maximum Gasteiger partial charge on any atom is 0.243 e. The number of aryl methyl sites for hydroxylation is 1. The van der Waals surface area contributed by atoms with Crippen molar-refractivity contribution in [1.29, 1.82) is 0 Å². The molecule has 7 nitrogen and oxygen atoms in total. The van der Waals surface area contributed by atoms with Gasteiger partial charge >= 0.3 is 0 Å². The van der Waals surface area contributed by atoms with Gasteiger partial charge in [0.1, 0.15) is 0 Å². The normalized spacial score (nSPS) is 17.6. The van der Waals surface area contributed by atoms with Crippen LogP contribution in [-0.2, 0) is 19.6 Å². The van der Waals surface area contributed by atoms with Crippen LogP contribution in [0.1, 0.15) is 32.3 Å². The summed E-state index contributed by atoms with van der Waals surface area (Å²) in [6, 6.07) is 4.96. The van der Waals surface area contributed by atoms with Gasteiger partial charge in [0.05, 0.1) is 17.5 Å². The van der Waals surface area contributed by atoms with E-state index in [4.69, 9.17) is 4.74 Å². The SMILES string of the molecule is CCN(CC)S(=O)(=O)c1cc(NC(=O)CNCC2CCCO2)ccc1C. The summed E-state index contributed by atoms with van der Waals surface area (Å²) in [6.07, 6.45) is 2.25. The van der Waals surface area contributed by atoms with E-state index < -0.39 is 10.0 Å². The number of hydrogen-bond donors (Lipinski definition) is 2. The highest BCUT2D eigenvalue weighted by atomic mass is 32.2. The third kappa shape index (κ3) is 5.26. The van der Waals surface area contributed by atoms with Gasteiger partial charge in [-0.25, -0.2) is 8.42 Å². The van der Waals surface area contributed by atoms with E-state index in [1.54, 1.807) is 19.1 Å². The number of nitrogens with one attached hydrogen (secondary N) is 2. The van der Waals surface area contributed by atoms with Crippen LogP contribution in [0, 0.1) is 6.92 Å². The van der Waals surface area contributed by atoms with Crippen molar-refractivity contribution < 1.29 is 17.9 Å². The lowest BCUT2D eigenvalue weighted by Gasteiger charge is -2.20. The van der Waals surface area contributed by atoms with Gasteiger partial charge in [0.2, 0.25) is 15.9 Å². The lowest BCUT2D eigenvalue weighted by Crippen LogP contribution is -2.33. The lowest BCUT2D eigenvalue weighted by atomic mass is 10.2. The summed E-state index contributed by atoms with van der Waals surface area (Å²) in [6.45, 7) is 7.76. The predicted octanol–water partition coefficient (Wildman–Crippen LogP) is 1.73. The van der Waals surface area contributed by atoms with E-state index in [9.17, 15) is 13.2 Å². The average molecular weight is 384 g/mol. The first-order chi connectivity index (χ1) is 12.4. The molecule has 2 rings (SSSR count). The van der Waals surface area contributed by atoms with Gasteiger partial charge in [-0.2, -0.15) is 4.31 Å². The number of anilines is 1. The van der Waals surface area contributed by atoms with Crippen LogP contribution in [0.2, 0.25) is 0 Å². The van der Waals surface area contributed by atoms with Gasteiger partial charge in [-0.15, -0.1) is 0 Å². The Labute approximate surface area is 156 Å². The summed E-state index contributed by atoms with van der Waals surface area (Å²) >= 11 is 0. The van der Waals surface area contributed by atoms with E-state index in [0.717, 1.165) is 19.4 Å². The number of rotatable bonds is 9. The molecule has 2 N–H and O–H groups in total. The molecule has 26 heavy (non-hydrogen) atoms. The number of ether oxygens (including phenoxy) is 1. The molecule has 1 aliphatic rings. The molecule has 146 valence electrons. The molecule has 0 bridgehead atoms.